The van der Waals surface area contributed by atoms with E-state index >= 15 is 0 Å². The Balaban J connectivity index is 1.58. The highest BCUT2D eigenvalue weighted by Crippen LogP contribution is 2.36. The van der Waals surface area contributed by atoms with Crippen LogP contribution in [0.2, 0.25) is 0 Å². The Morgan fingerprint density at radius 3 is 2.43 bits per heavy atom. The Bertz CT molecular complexity index is 584. The van der Waals surface area contributed by atoms with Crippen molar-refractivity contribution in [3.05, 3.63) is 18.3 Å². The Kier molecular flexibility index (Phi) is 3.90. The summed E-state index contributed by atoms with van der Waals surface area (Å²) >= 11 is 0. The molecule has 0 aromatic carbocycles. The Morgan fingerprint density at radius 2 is 1.90 bits per heavy atom. The molecule has 2 aliphatic rings. The fraction of sp³-hybridized carbons (Fsp3) is 0.643. The maximum absolute atomic E-state index is 11.4. The SMILES string of the molecule is CS(=O)(=O)c1ccc(NC2CCC3(CC2)OCCO3)cn1. The van der Waals surface area contributed by atoms with Crippen molar-refractivity contribution in [2.24, 2.45) is 0 Å². The van der Waals surface area contributed by atoms with Crippen molar-refractivity contribution in [1.82, 2.24) is 4.98 Å². The van der Waals surface area contributed by atoms with E-state index in [9.17, 15) is 8.42 Å². The third-order valence-corrected chi connectivity index (χ3v) is 5.05. The Labute approximate surface area is 124 Å². The van der Waals surface area contributed by atoms with Crippen LogP contribution in [0, 0.1) is 0 Å². The molecule has 2 heterocycles. The Morgan fingerprint density at radius 1 is 1.24 bits per heavy atom. The van der Waals surface area contributed by atoms with E-state index in [1.54, 1.807) is 12.3 Å². The minimum Gasteiger partial charge on any atom is -0.381 e. The molecule has 0 bridgehead atoms. The van der Waals surface area contributed by atoms with Gasteiger partial charge < -0.3 is 14.8 Å². The monoisotopic (exact) mass is 312 g/mol. The first kappa shape index (κ1) is 14.7. The molecule has 0 unspecified atom stereocenters. The third-order valence-electron chi connectivity index (χ3n) is 4.05. The lowest BCUT2D eigenvalue weighted by Gasteiger charge is -2.35. The lowest BCUT2D eigenvalue weighted by Crippen LogP contribution is -2.39. The fourth-order valence-electron chi connectivity index (χ4n) is 2.91. The number of nitrogens with zero attached hydrogens (tertiary/aromatic N) is 1. The van der Waals surface area contributed by atoms with E-state index in [-0.39, 0.29) is 10.8 Å². The molecule has 21 heavy (non-hydrogen) atoms. The summed E-state index contributed by atoms with van der Waals surface area (Å²) in [7, 11) is -3.24. The first-order valence-electron chi connectivity index (χ1n) is 7.17. The van der Waals surface area contributed by atoms with Crippen LogP contribution in [0.15, 0.2) is 23.4 Å². The van der Waals surface area contributed by atoms with Crippen molar-refractivity contribution in [3.8, 4) is 0 Å². The molecule has 1 spiro atoms. The molecule has 7 heteroatoms. The number of ether oxygens (including phenoxy) is 2. The minimum absolute atomic E-state index is 0.100. The zero-order chi connectivity index (χ0) is 14.9. The van der Waals surface area contributed by atoms with Crippen LogP contribution in [0.3, 0.4) is 0 Å². The maximum Gasteiger partial charge on any atom is 0.192 e. The van der Waals surface area contributed by atoms with Gasteiger partial charge >= 0.3 is 0 Å². The first-order valence-corrected chi connectivity index (χ1v) is 9.07. The molecule has 1 aliphatic heterocycles. The van der Waals surface area contributed by atoms with Crippen molar-refractivity contribution in [2.75, 3.05) is 24.8 Å². The summed E-state index contributed by atoms with van der Waals surface area (Å²) < 4.78 is 34.1. The molecule has 1 aromatic rings. The number of hydrogen-bond donors (Lipinski definition) is 1. The summed E-state index contributed by atoms with van der Waals surface area (Å²) in [5.41, 5.74) is 0.844. The second kappa shape index (κ2) is 5.55. The smallest absolute Gasteiger partial charge is 0.192 e. The second-order valence-electron chi connectivity index (χ2n) is 5.68. The number of rotatable bonds is 3. The van der Waals surface area contributed by atoms with Gasteiger partial charge in [-0.2, -0.15) is 0 Å². The van der Waals surface area contributed by atoms with E-state index in [2.05, 4.69) is 10.3 Å². The van der Waals surface area contributed by atoms with Crippen LogP contribution in [-0.2, 0) is 19.3 Å². The van der Waals surface area contributed by atoms with Gasteiger partial charge in [-0.3, -0.25) is 0 Å². The quantitative estimate of drug-likeness (QED) is 0.913. The molecular weight excluding hydrogens is 292 g/mol. The highest BCUT2D eigenvalue weighted by molar-refractivity contribution is 7.90. The first-order chi connectivity index (χ1) is 9.97. The zero-order valence-electron chi connectivity index (χ0n) is 12.0. The molecule has 6 nitrogen and oxygen atoms in total. The number of hydrogen-bond acceptors (Lipinski definition) is 6. The molecule has 116 valence electrons. The largest absolute Gasteiger partial charge is 0.381 e. The summed E-state index contributed by atoms with van der Waals surface area (Å²) in [6.45, 7) is 1.38. The van der Waals surface area contributed by atoms with Crippen LogP contribution >= 0.6 is 0 Å². The topological polar surface area (TPSA) is 77.5 Å². The van der Waals surface area contributed by atoms with Gasteiger partial charge in [0, 0.05) is 25.1 Å². The van der Waals surface area contributed by atoms with Crippen molar-refractivity contribution in [3.63, 3.8) is 0 Å². The number of nitrogens with one attached hydrogen (secondary N) is 1. The van der Waals surface area contributed by atoms with E-state index in [4.69, 9.17) is 9.47 Å². The number of aromatic nitrogens is 1. The van der Waals surface area contributed by atoms with Crippen LogP contribution in [0.4, 0.5) is 5.69 Å². The van der Waals surface area contributed by atoms with Crippen LogP contribution in [0.5, 0.6) is 0 Å². The molecule has 0 radical (unpaired) electrons. The summed E-state index contributed by atoms with van der Waals surface area (Å²) in [5, 5.41) is 3.50. The molecule has 3 rings (SSSR count). The van der Waals surface area contributed by atoms with Gasteiger partial charge in [-0.15, -0.1) is 0 Å². The minimum atomic E-state index is -3.24. The molecule has 0 amide bonds. The zero-order valence-corrected chi connectivity index (χ0v) is 12.9. The molecular formula is C14H20N2O4S. The molecule has 1 saturated carbocycles. The summed E-state index contributed by atoms with van der Waals surface area (Å²) in [4.78, 5) is 3.99. The Hall–Kier alpha value is -1.18. The van der Waals surface area contributed by atoms with Crippen molar-refractivity contribution < 1.29 is 17.9 Å². The number of anilines is 1. The molecule has 1 N–H and O–H groups in total. The number of pyridine rings is 1. The van der Waals surface area contributed by atoms with Crippen molar-refractivity contribution in [1.29, 1.82) is 0 Å². The van der Waals surface area contributed by atoms with Gasteiger partial charge in [0.15, 0.2) is 20.7 Å². The predicted molar refractivity (Wildman–Crippen MR) is 77.9 cm³/mol. The summed E-state index contributed by atoms with van der Waals surface area (Å²) in [6.07, 6.45) is 6.44. The average Bonchev–Trinajstić information content (AvgIpc) is 2.90. The van der Waals surface area contributed by atoms with Gasteiger partial charge in [0.2, 0.25) is 0 Å². The maximum atomic E-state index is 11.4. The lowest BCUT2D eigenvalue weighted by molar-refractivity contribution is -0.177. The van der Waals surface area contributed by atoms with E-state index in [0.717, 1.165) is 37.6 Å². The molecule has 1 aromatic heterocycles. The van der Waals surface area contributed by atoms with E-state index in [1.807, 2.05) is 0 Å². The van der Waals surface area contributed by atoms with Gasteiger partial charge in [-0.25, -0.2) is 13.4 Å². The highest BCUT2D eigenvalue weighted by atomic mass is 32.2. The van der Waals surface area contributed by atoms with Gasteiger partial charge in [-0.1, -0.05) is 0 Å². The third kappa shape index (κ3) is 3.36. The fourth-order valence-corrected chi connectivity index (χ4v) is 3.47. The normalized spacial score (nSPS) is 22.5. The predicted octanol–water partition coefficient (Wildman–Crippen LogP) is 1.58. The van der Waals surface area contributed by atoms with Crippen molar-refractivity contribution >= 4 is 15.5 Å². The number of sulfone groups is 1. The lowest BCUT2D eigenvalue weighted by atomic mass is 9.90. The van der Waals surface area contributed by atoms with Crippen LogP contribution in [0.25, 0.3) is 0 Å². The van der Waals surface area contributed by atoms with Gasteiger partial charge in [-0.05, 0) is 25.0 Å². The molecule has 2 fully saturated rings. The van der Waals surface area contributed by atoms with Crippen LogP contribution in [0.1, 0.15) is 25.7 Å². The van der Waals surface area contributed by atoms with Gasteiger partial charge in [0.05, 0.1) is 25.1 Å². The van der Waals surface area contributed by atoms with Crippen molar-refractivity contribution in [2.45, 2.75) is 42.5 Å². The van der Waals surface area contributed by atoms with Crippen LogP contribution < -0.4 is 5.32 Å². The highest BCUT2D eigenvalue weighted by Gasteiger charge is 2.40. The van der Waals surface area contributed by atoms with E-state index in [0.29, 0.717) is 19.3 Å². The molecule has 0 atom stereocenters. The van der Waals surface area contributed by atoms with E-state index < -0.39 is 9.84 Å². The van der Waals surface area contributed by atoms with E-state index in [1.165, 1.54) is 6.07 Å². The molecule has 1 saturated heterocycles. The van der Waals surface area contributed by atoms with Gasteiger partial charge in [0.25, 0.3) is 0 Å². The molecule has 1 aliphatic carbocycles. The second-order valence-corrected chi connectivity index (χ2v) is 7.65. The average molecular weight is 312 g/mol. The van der Waals surface area contributed by atoms with Gasteiger partial charge in [0.1, 0.15) is 0 Å². The standard InChI is InChI=1S/C14H20N2O4S/c1-21(17,18)13-3-2-12(10-15-13)16-11-4-6-14(7-5-11)19-8-9-20-14/h2-3,10-11,16H,4-9H2,1H3. The van der Waals surface area contributed by atoms with Crippen LogP contribution in [-0.4, -0.2) is 44.7 Å². The summed E-state index contributed by atoms with van der Waals surface area (Å²) in [6, 6.07) is 3.64. The summed E-state index contributed by atoms with van der Waals surface area (Å²) in [5.74, 6) is -0.351.